The number of amides is 1. The van der Waals surface area contributed by atoms with Crippen LogP contribution in [0.1, 0.15) is 64.6 Å². The van der Waals surface area contributed by atoms with Crippen molar-refractivity contribution < 1.29 is 23.0 Å². The third-order valence-corrected chi connectivity index (χ3v) is 11.0. The molecule has 0 bridgehead atoms. The summed E-state index contributed by atoms with van der Waals surface area (Å²) in [5, 5.41) is 1.64. The molecular formula is C39H42F2N6O3. The van der Waals surface area contributed by atoms with Crippen LogP contribution < -0.4 is 9.64 Å². The van der Waals surface area contributed by atoms with E-state index in [1.54, 1.807) is 23.1 Å². The van der Waals surface area contributed by atoms with Gasteiger partial charge in [-0.1, -0.05) is 37.1 Å². The Bertz CT molecular complexity index is 2060. The van der Waals surface area contributed by atoms with Crippen LogP contribution in [0.25, 0.3) is 32.9 Å². The van der Waals surface area contributed by atoms with E-state index >= 15 is 8.78 Å². The first-order valence-electron chi connectivity index (χ1n) is 17.7. The van der Waals surface area contributed by atoms with Gasteiger partial charge in [0.2, 0.25) is 0 Å². The van der Waals surface area contributed by atoms with Crippen LogP contribution in [0, 0.1) is 29.9 Å². The molecule has 6 heterocycles. The van der Waals surface area contributed by atoms with Crippen molar-refractivity contribution in [1.82, 2.24) is 24.8 Å². The number of fused-ring (bicyclic) bond motifs is 4. The van der Waals surface area contributed by atoms with Crippen LogP contribution in [0.2, 0.25) is 0 Å². The van der Waals surface area contributed by atoms with Gasteiger partial charge < -0.3 is 19.3 Å². The number of halogens is 2. The maximum absolute atomic E-state index is 17.2. The van der Waals surface area contributed by atoms with E-state index in [4.69, 9.17) is 30.8 Å². The molecule has 0 saturated carbocycles. The number of terminal acetylenes is 1. The van der Waals surface area contributed by atoms with Gasteiger partial charge in [0.05, 0.1) is 28.2 Å². The first-order valence-corrected chi connectivity index (χ1v) is 17.7. The minimum atomic E-state index is -0.642. The van der Waals surface area contributed by atoms with Crippen molar-refractivity contribution in [2.75, 3.05) is 44.2 Å². The fraction of sp³-hybridized carbons (Fsp3) is 0.487. The second-order valence-corrected chi connectivity index (χ2v) is 15.3. The Morgan fingerprint density at radius 2 is 1.82 bits per heavy atom. The van der Waals surface area contributed by atoms with E-state index in [9.17, 15) is 4.79 Å². The summed E-state index contributed by atoms with van der Waals surface area (Å²) < 4.78 is 44.4. The van der Waals surface area contributed by atoms with E-state index < -0.39 is 17.2 Å². The molecule has 2 aromatic carbocycles. The fourth-order valence-corrected chi connectivity index (χ4v) is 8.65. The maximum Gasteiger partial charge on any atom is 0.410 e. The van der Waals surface area contributed by atoms with Gasteiger partial charge in [-0.15, -0.1) is 6.42 Å². The van der Waals surface area contributed by atoms with Crippen molar-refractivity contribution >= 4 is 33.6 Å². The zero-order valence-corrected chi connectivity index (χ0v) is 29.1. The van der Waals surface area contributed by atoms with Gasteiger partial charge in [0.15, 0.2) is 5.82 Å². The molecule has 0 radical (unpaired) electrons. The molecule has 3 saturated heterocycles. The topological polar surface area (TPSA) is 83.9 Å². The molecule has 1 unspecified atom stereocenters. The Kier molecular flexibility index (Phi) is 7.86. The normalized spacial score (nSPS) is 21.5. The minimum Gasteiger partial charge on any atom is -0.461 e. The van der Waals surface area contributed by atoms with Crippen molar-refractivity contribution in [3.63, 3.8) is 0 Å². The zero-order chi connectivity index (χ0) is 34.9. The molecule has 0 spiro atoms. The lowest BCUT2D eigenvalue weighted by Gasteiger charge is -2.43. The minimum absolute atomic E-state index is 0.0107. The number of piperazine rings is 1. The highest BCUT2D eigenvalue weighted by Crippen LogP contribution is 2.43. The number of carbonyl (C=O) groups is 1. The number of benzene rings is 2. The number of anilines is 1. The summed E-state index contributed by atoms with van der Waals surface area (Å²) in [5.74, 6) is 1.82. The van der Waals surface area contributed by atoms with E-state index in [0.717, 1.165) is 38.8 Å². The smallest absolute Gasteiger partial charge is 0.410 e. The molecule has 0 N–H and O–H groups in total. The summed E-state index contributed by atoms with van der Waals surface area (Å²) in [6.45, 7) is 11.5. The van der Waals surface area contributed by atoms with Gasteiger partial charge in [-0.05, 0) is 83.3 Å². The van der Waals surface area contributed by atoms with Gasteiger partial charge in [-0.2, -0.15) is 9.97 Å². The number of carbonyl (C=O) groups excluding carboxylic acids is 1. The number of rotatable bonds is 4. The summed E-state index contributed by atoms with van der Waals surface area (Å²) in [5.41, 5.74) is 0.558. The van der Waals surface area contributed by atoms with E-state index in [1.807, 2.05) is 26.8 Å². The highest BCUT2D eigenvalue weighted by molar-refractivity contribution is 6.03. The second-order valence-electron chi connectivity index (χ2n) is 15.3. The molecule has 8 rings (SSSR count). The highest BCUT2D eigenvalue weighted by atomic mass is 19.1. The van der Waals surface area contributed by atoms with Crippen molar-refractivity contribution in [2.24, 2.45) is 5.92 Å². The predicted molar refractivity (Wildman–Crippen MR) is 188 cm³/mol. The van der Waals surface area contributed by atoms with Crippen molar-refractivity contribution in [1.29, 1.82) is 0 Å². The molecule has 4 aromatic rings. The average molecular weight is 681 g/mol. The summed E-state index contributed by atoms with van der Waals surface area (Å²) in [7, 11) is 0. The van der Waals surface area contributed by atoms with Gasteiger partial charge in [0.25, 0.3) is 0 Å². The molecule has 1 amide bonds. The molecular weight excluding hydrogens is 638 g/mol. The van der Waals surface area contributed by atoms with Crippen molar-refractivity contribution in [2.45, 2.75) is 77.0 Å². The standard InChI is InChI=1S/C39H42F2N6O3/c1-6-25-27(40)13-12-24-10-7-11-26(30(24)25)33-32(41)34-31-28(42-33)20-23(2)29-21-45(37(48)50-38(3,4)5)18-19-47(29)35(31)44-36(43-34)49-22-39-14-8-16-46(39)17-9-15-39/h1,7,10-13,23,29H,8-9,14-22H2,2-5H3/t23-,29?/m0/s1. The molecule has 3 fully saturated rings. The molecule has 4 aliphatic rings. The Balaban J connectivity index is 1.28. The van der Waals surface area contributed by atoms with E-state index in [-0.39, 0.29) is 46.4 Å². The Hall–Kier alpha value is -4.56. The number of aromatic nitrogens is 3. The summed E-state index contributed by atoms with van der Waals surface area (Å²) in [6.07, 6.45) is 10.2. The first-order chi connectivity index (χ1) is 24.0. The zero-order valence-electron chi connectivity index (χ0n) is 29.1. The Morgan fingerprint density at radius 1 is 1.04 bits per heavy atom. The summed E-state index contributed by atoms with van der Waals surface area (Å²) in [6, 6.07) is 8.27. The molecule has 11 heteroatoms. The monoisotopic (exact) mass is 680 g/mol. The van der Waals surface area contributed by atoms with Crippen LogP contribution in [0.4, 0.5) is 19.4 Å². The van der Waals surface area contributed by atoms with E-state index in [0.29, 0.717) is 65.9 Å². The number of nitrogens with zero attached hydrogens (tertiary/aromatic N) is 6. The SMILES string of the molecule is C#Cc1c(F)ccc2cccc(-c3nc4c5c(nc(OCC67CCCN6CCC7)nc5c3F)N3CCN(C(=O)OC(C)(C)C)CC3[C@@H](C)C4)c12. The lowest BCUT2D eigenvalue weighted by atomic mass is 9.93. The van der Waals surface area contributed by atoms with E-state index in [1.165, 1.54) is 6.07 Å². The van der Waals surface area contributed by atoms with Crippen LogP contribution in [0.3, 0.4) is 0 Å². The maximum atomic E-state index is 17.2. The third-order valence-electron chi connectivity index (χ3n) is 11.0. The fourth-order valence-electron chi connectivity index (χ4n) is 8.65. The quantitative estimate of drug-likeness (QED) is 0.220. The highest BCUT2D eigenvalue weighted by Gasteiger charge is 2.45. The summed E-state index contributed by atoms with van der Waals surface area (Å²) in [4.78, 5) is 34.4. The number of pyridine rings is 1. The Morgan fingerprint density at radius 3 is 2.56 bits per heavy atom. The van der Waals surface area contributed by atoms with Gasteiger partial charge in [0, 0.05) is 30.6 Å². The first kappa shape index (κ1) is 32.6. The number of ether oxygens (including phenoxy) is 2. The van der Waals surface area contributed by atoms with Gasteiger partial charge in [-0.25, -0.2) is 18.6 Å². The Labute approximate surface area is 291 Å². The van der Waals surface area contributed by atoms with Crippen LogP contribution in [0.15, 0.2) is 30.3 Å². The number of hydrogen-bond donors (Lipinski definition) is 0. The molecule has 2 atom stereocenters. The van der Waals surface area contributed by atoms with Crippen LogP contribution >= 0.6 is 0 Å². The number of hydrogen-bond acceptors (Lipinski definition) is 8. The molecule has 50 heavy (non-hydrogen) atoms. The van der Waals surface area contributed by atoms with Crippen LogP contribution in [-0.2, 0) is 11.2 Å². The van der Waals surface area contributed by atoms with Crippen molar-refractivity contribution in [3.8, 4) is 29.6 Å². The molecule has 9 nitrogen and oxygen atoms in total. The molecule has 260 valence electrons. The molecule has 4 aliphatic heterocycles. The van der Waals surface area contributed by atoms with E-state index in [2.05, 4.69) is 22.6 Å². The lowest BCUT2D eigenvalue weighted by Crippen LogP contribution is -2.58. The average Bonchev–Trinajstić information content (AvgIpc) is 3.65. The van der Waals surface area contributed by atoms with Crippen LogP contribution in [0.5, 0.6) is 6.01 Å². The lowest BCUT2D eigenvalue weighted by molar-refractivity contribution is 0.0199. The van der Waals surface area contributed by atoms with Crippen molar-refractivity contribution in [3.05, 3.63) is 53.2 Å². The predicted octanol–water partition coefficient (Wildman–Crippen LogP) is 6.73. The van der Waals surface area contributed by atoms with Gasteiger partial charge in [0.1, 0.15) is 35.1 Å². The summed E-state index contributed by atoms with van der Waals surface area (Å²) >= 11 is 0. The molecule has 2 aromatic heterocycles. The third kappa shape index (κ3) is 5.39. The van der Waals surface area contributed by atoms with Crippen LogP contribution in [-0.4, -0.2) is 87.4 Å². The second kappa shape index (κ2) is 12.0. The van der Waals surface area contributed by atoms with Gasteiger partial charge in [-0.3, -0.25) is 4.90 Å². The molecule has 0 aliphatic carbocycles. The largest absolute Gasteiger partial charge is 0.461 e. The van der Waals surface area contributed by atoms with Gasteiger partial charge >= 0.3 is 12.1 Å².